The quantitative estimate of drug-likeness (QED) is 0.759. The Balaban J connectivity index is 2.82. The van der Waals surface area contributed by atoms with Crippen molar-refractivity contribution in [3.8, 4) is 17.2 Å². The molecule has 0 saturated heterocycles. The van der Waals surface area contributed by atoms with Gasteiger partial charge in [0.15, 0.2) is 11.5 Å². The van der Waals surface area contributed by atoms with Gasteiger partial charge in [-0.2, -0.15) is 0 Å². The molecule has 1 amide bonds. The summed E-state index contributed by atoms with van der Waals surface area (Å²) < 4.78 is 15.8. The maximum Gasteiger partial charge on any atom is 0.237 e. The first-order valence-corrected chi connectivity index (χ1v) is 6.89. The van der Waals surface area contributed by atoms with E-state index in [9.17, 15) is 4.79 Å². The monoisotopic (exact) mass is 296 g/mol. The van der Waals surface area contributed by atoms with Crippen molar-refractivity contribution in [2.24, 2.45) is 5.73 Å². The normalized spacial score (nSPS) is 11.7. The van der Waals surface area contributed by atoms with Gasteiger partial charge in [0.1, 0.15) is 0 Å². The van der Waals surface area contributed by atoms with Crippen molar-refractivity contribution in [1.82, 2.24) is 5.32 Å². The van der Waals surface area contributed by atoms with Gasteiger partial charge in [0, 0.05) is 6.54 Å². The van der Waals surface area contributed by atoms with Gasteiger partial charge in [-0.15, -0.1) is 0 Å². The SMILES string of the molecule is CCCC(N)C(=O)NCc1cc(OC)c(OC)c(OC)c1. The molecule has 118 valence electrons. The Hall–Kier alpha value is -1.95. The van der Waals surface area contributed by atoms with Gasteiger partial charge in [-0.3, -0.25) is 4.79 Å². The van der Waals surface area contributed by atoms with E-state index in [1.165, 1.54) is 0 Å². The summed E-state index contributed by atoms with van der Waals surface area (Å²) in [6.45, 7) is 2.35. The Morgan fingerprint density at radius 2 is 1.76 bits per heavy atom. The molecule has 0 radical (unpaired) electrons. The molecular weight excluding hydrogens is 272 g/mol. The fourth-order valence-electron chi connectivity index (χ4n) is 2.00. The van der Waals surface area contributed by atoms with E-state index in [-0.39, 0.29) is 5.91 Å². The minimum Gasteiger partial charge on any atom is -0.493 e. The molecule has 3 N–H and O–H groups in total. The lowest BCUT2D eigenvalue weighted by molar-refractivity contribution is -0.122. The van der Waals surface area contributed by atoms with Crippen molar-refractivity contribution in [3.63, 3.8) is 0 Å². The summed E-state index contributed by atoms with van der Waals surface area (Å²) >= 11 is 0. The van der Waals surface area contributed by atoms with Crippen LogP contribution in [0.25, 0.3) is 0 Å². The molecule has 21 heavy (non-hydrogen) atoms. The lowest BCUT2D eigenvalue weighted by atomic mass is 10.1. The zero-order valence-electron chi connectivity index (χ0n) is 13.1. The van der Waals surface area contributed by atoms with E-state index in [0.717, 1.165) is 12.0 Å². The van der Waals surface area contributed by atoms with Crippen molar-refractivity contribution >= 4 is 5.91 Å². The highest BCUT2D eigenvalue weighted by molar-refractivity contribution is 5.81. The molecule has 1 unspecified atom stereocenters. The smallest absolute Gasteiger partial charge is 0.237 e. The lowest BCUT2D eigenvalue weighted by Crippen LogP contribution is -2.40. The standard InChI is InChI=1S/C15H24N2O4/c1-5-6-11(16)15(18)17-9-10-7-12(19-2)14(21-4)13(8-10)20-3/h7-8,11H,5-6,9,16H2,1-4H3,(H,17,18). The van der Waals surface area contributed by atoms with Gasteiger partial charge in [-0.25, -0.2) is 0 Å². The average Bonchev–Trinajstić information content (AvgIpc) is 2.51. The number of rotatable bonds is 8. The first-order valence-electron chi connectivity index (χ1n) is 6.89. The molecule has 0 spiro atoms. The van der Waals surface area contributed by atoms with Crippen LogP contribution >= 0.6 is 0 Å². The number of nitrogens with one attached hydrogen (secondary N) is 1. The van der Waals surface area contributed by atoms with Crippen LogP contribution in [0, 0.1) is 0 Å². The summed E-state index contributed by atoms with van der Waals surface area (Å²) in [5.74, 6) is 1.47. The number of amides is 1. The first kappa shape index (κ1) is 17.1. The van der Waals surface area contributed by atoms with Gasteiger partial charge in [-0.1, -0.05) is 13.3 Å². The average molecular weight is 296 g/mol. The summed E-state index contributed by atoms with van der Waals surface area (Å²) in [4.78, 5) is 11.8. The zero-order valence-corrected chi connectivity index (χ0v) is 13.1. The van der Waals surface area contributed by atoms with Gasteiger partial charge in [-0.05, 0) is 24.1 Å². The summed E-state index contributed by atoms with van der Waals surface area (Å²) in [6, 6.07) is 3.12. The van der Waals surface area contributed by atoms with E-state index >= 15 is 0 Å². The van der Waals surface area contributed by atoms with Crippen molar-refractivity contribution in [3.05, 3.63) is 17.7 Å². The largest absolute Gasteiger partial charge is 0.493 e. The second-order valence-electron chi connectivity index (χ2n) is 4.65. The van der Waals surface area contributed by atoms with Gasteiger partial charge < -0.3 is 25.3 Å². The van der Waals surface area contributed by atoms with Gasteiger partial charge in [0.2, 0.25) is 11.7 Å². The molecule has 1 aromatic carbocycles. The van der Waals surface area contributed by atoms with E-state index in [0.29, 0.717) is 30.2 Å². The number of hydrogen-bond acceptors (Lipinski definition) is 5. The third-order valence-corrected chi connectivity index (χ3v) is 3.13. The second kappa shape index (κ2) is 8.36. The number of carbonyl (C=O) groups is 1. The second-order valence-corrected chi connectivity index (χ2v) is 4.65. The maximum absolute atomic E-state index is 11.8. The van der Waals surface area contributed by atoms with E-state index in [1.54, 1.807) is 33.5 Å². The molecule has 0 aliphatic carbocycles. The van der Waals surface area contributed by atoms with E-state index in [2.05, 4.69) is 5.32 Å². The van der Waals surface area contributed by atoms with Crippen molar-refractivity contribution in [2.75, 3.05) is 21.3 Å². The molecule has 0 aliphatic heterocycles. The number of carbonyl (C=O) groups excluding carboxylic acids is 1. The predicted molar refractivity (Wildman–Crippen MR) is 80.8 cm³/mol. The number of nitrogens with two attached hydrogens (primary N) is 1. The van der Waals surface area contributed by atoms with Crippen LogP contribution in [0.15, 0.2) is 12.1 Å². The molecule has 6 nitrogen and oxygen atoms in total. The summed E-state index contributed by atoms with van der Waals surface area (Å²) in [7, 11) is 4.65. The molecule has 0 saturated carbocycles. The highest BCUT2D eigenvalue weighted by Crippen LogP contribution is 2.38. The molecule has 6 heteroatoms. The van der Waals surface area contributed by atoms with Gasteiger partial charge >= 0.3 is 0 Å². The summed E-state index contributed by atoms with van der Waals surface area (Å²) in [6.07, 6.45) is 1.54. The molecule has 1 aromatic rings. The van der Waals surface area contributed by atoms with Crippen molar-refractivity contribution < 1.29 is 19.0 Å². The van der Waals surface area contributed by atoms with Crippen LogP contribution in [-0.4, -0.2) is 33.3 Å². The fraction of sp³-hybridized carbons (Fsp3) is 0.533. The van der Waals surface area contributed by atoms with Crippen LogP contribution in [0.1, 0.15) is 25.3 Å². The van der Waals surface area contributed by atoms with Crippen LogP contribution in [0.3, 0.4) is 0 Å². The number of methoxy groups -OCH3 is 3. The molecule has 1 rings (SSSR count). The van der Waals surface area contributed by atoms with Crippen LogP contribution in [-0.2, 0) is 11.3 Å². The summed E-state index contributed by atoms with van der Waals surface area (Å²) in [5.41, 5.74) is 6.62. The van der Waals surface area contributed by atoms with Crippen LogP contribution in [0.2, 0.25) is 0 Å². The highest BCUT2D eigenvalue weighted by atomic mass is 16.5. The molecular formula is C15H24N2O4. The third-order valence-electron chi connectivity index (χ3n) is 3.13. The number of ether oxygens (including phenoxy) is 3. The van der Waals surface area contributed by atoms with Crippen LogP contribution in [0.5, 0.6) is 17.2 Å². The Morgan fingerprint density at radius 1 is 1.19 bits per heavy atom. The molecule has 0 aliphatic rings. The molecule has 0 aromatic heterocycles. The minimum atomic E-state index is -0.475. The first-order chi connectivity index (χ1) is 10.1. The summed E-state index contributed by atoms with van der Waals surface area (Å²) in [5, 5.41) is 2.81. The third kappa shape index (κ3) is 4.53. The lowest BCUT2D eigenvalue weighted by Gasteiger charge is -2.15. The number of benzene rings is 1. The van der Waals surface area contributed by atoms with E-state index in [4.69, 9.17) is 19.9 Å². The van der Waals surface area contributed by atoms with Crippen molar-refractivity contribution in [1.29, 1.82) is 0 Å². The van der Waals surface area contributed by atoms with E-state index < -0.39 is 6.04 Å². The Morgan fingerprint density at radius 3 is 2.19 bits per heavy atom. The van der Waals surface area contributed by atoms with Gasteiger partial charge in [0.05, 0.1) is 27.4 Å². The molecule has 0 bridgehead atoms. The van der Waals surface area contributed by atoms with Crippen LogP contribution in [0.4, 0.5) is 0 Å². The highest BCUT2D eigenvalue weighted by Gasteiger charge is 2.15. The number of hydrogen-bond donors (Lipinski definition) is 2. The topological polar surface area (TPSA) is 82.8 Å². The minimum absolute atomic E-state index is 0.161. The molecule has 0 heterocycles. The van der Waals surface area contributed by atoms with Gasteiger partial charge in [0.25, 0.3) is 0 Å². The molecule has 0 fully saturated rings. The van der Waals surface area contributed by atoms with Crippen molar-refractivity contribution in [2.45, 2.75) is 32.4 Å². The fourth-order valence-corrected chi connectivity index (χ4v) is 2.00. The molecule has 1 atom stereocenters. The maximum atomic E-state index is 11.8. The predicted octanol–water partition coefficient (Wildman–Crippen LogP) is 1.46. The Kier molecular flexibility index (Phi) is 6.81. The van der Waals surface area contributed by atoms with Crippen LogP contribution < -0.4 is 25.3 Å². The Labute approximate surface area is 125 Å². The Bertz CT molecular complexity index is 452. The zero-order chi connectivity index (χ0) is 15.8. The van der Waals surface area contributed by atoms with E-state index in [1.807, 2.05) is 6.92 Å².